The third kappa shape index (κ3) is 1.87. The van der Waals surface area contributed by atoms with Crippen LogP contribution < -0.4 is 26.9 Å². The summed E-state index contributed by atoms with van der Waals surface area (Å²) in [5.74, 6) is 0. The molecule has 0 radical (unpaired) electrons. The fourth-order valence-corrected chi connectivity index (χ4v) is 1.51. The van der Waals surface area contributed by atoms with Gasteiger partial charge in [-0.3, -0.25) is 0 Å². The molecular weight excluding hydrogens is 246 g/mol. The molecule has 0 aliphatic carbocycles. The van der Waals surface area contributed by atoms with E-state index in [2.05, 4.69) is 11.9 Å². The quantitative estimate of drug-likeness (QED) is 0.448. The van der Waals surface area contributed by atoms with Gasteiger partial charge in [-0.1, -0.05) is 12.7 Å². The second-order valence-corrected chi connectivity index (χ2v) is 3.07. The minimum absolute atomic E-state index is 0. The maximum Gasteiger partial charge on any atom is 0.413 e. The predicted molar refractivity (Wildman–Crippen MR) is 47.3 cm³/mol. The number of rotatable bonds is 2. The number of nitrogens with zero attached hydrogens (tertiary/aromatic N) is 2. The van der Waals surface area contributed by atoms with Crippen LogP contribution in [0.5, 0.6) is 0 Å². The summed E-state index contributed by atoms with van der Waals surface area (Å²) < 4.78 is 3.60. The Balaban J connectivity index is 0.000000980. The molecule has 1 N–H and O–H groups in total. The first kappa shape index (κ1) is 11.0. The molecule has 0 saturated carbocycles. The Morgan fingerprint density at radius 2 is 2.50 bits per heavy atom. The van der Waals surface area contributed by atoms with Crippen molar-refractivity contribution in [2.75, 3.05) is 6.54 Å². The first-order valence-corrected chi connectivity index (χ1v) is 4.30. The molecule has 0 atom stereocenters. The highest BCUT2D eigenvalue weighted by atomic mass is 79.9. The van der Waals surface area contributed by atoms with Crippen molar-refractivity contribution in [3.05, 3.63) is 30.9 Å². The van der Waals surface area contributed by atoms with Crippen LogP contribution in [0.3, 0.4) is 0 Å². The molecule has 1 amide bonds. The standard InChI is InChI=1S/C9H11N3O.BrH/c1-2-5-11-6-8-3-4-10-9(13)12(8)7-11;/h2,6-7H,1,3-5H2;1H. The van der Waals surface area contributed by atoms with Crippen molar-refractivity contribution in [1.29, 1.82) is 0 Å². The van der Waals surface area contributed by atoms with Gasteiger partial charge in [0.1, 0.15) is 12.7 Å². The van der Waals surface area contributed by atoms with Gasteiger partial charge in [0.15, 0.2) is 5.69 Å². The number of hydrogen-bond donors (Lipinski definition) is 1. The van der Waals surface area contributed by atoms with Crippen molar-refractivity contribution in [2.24, 2.45) is 0 Å². The van der Waals surface area contributed by atoms with Gasteiger partial charge in [0.2, 0.25) is 0 Å². The van der Waals surface area contributed by atoms with Crippen molar-refractivity contribution in [2.45, 2.75) is 13.0 Å². The molecule has 0 spiro atoms. The first-order valence-electron chi connectivity index (χ1n) is 4.30. The normalized spacial score (nSPS) is 13.9. The van der Waals surface area contributed by atoms with Gasteiger partial charge in [-0.05, 0) is 0 Å². The molecule has 0 unspecified atom stereocenters. The molecule has 1 aromatic rings. The van der Waals surface area contributed by atoms with Crippen molar-refractivity contribution in [1.82, 2.24) is 9.88 Å². The van der Waals surface area contributed by atoms with Crippen molar-refractivity contribution in [3.8, 4) is 0 Å². The maximum atomic E-state index is 11.3. The lowest BCUT2D eigenvalue weighted by molar-refractivity contribution is -0.686. The number of fused-ring (bicyclic) bond motifs is 1. The Labute approximate surface area is 93.0 Å². The van der Waals surface area contributed by atoms with Crippen molar-refractivity contribution >= 4 is 6.03 Å². The monoisotopic (exact) mass is 257 g/mol. The van der Waals surface area contributed by atoms with Crippen LogP contribution in [0, 0.1) is 0 Å². The van der Waals surface area contributed by atoms with Crippen LogP contribution in [0.4, 0.5) is 4.79 Å². The molecule has 14 heavy (non-hydrogen) atoms. The van der Waals surface area contributed by atoms with Crippen LogP contribution in [-0.2, 0) is 13.0 Å². The third-order valence-corrected chi connectivity index (χ3v) is 2.10. The Kier molecular flexibility index (Phi) is 3.46. The minimum Gasteiger partial charge on any atom is -1.00 e. The van der Waals surface area contributed by atoms with E-state index in [0.29, 0.717) is 0 Å². The second kappa shape index (κ2) is 4.41. The molecule has 2 heterocycles. The molecule has 0 aromatic carbocycles. The molecular formula is C9H12BrN3O. The molecule has 0 saturated heterocycles. The van der Waals surface area contributed by atoms with E-state index in [1.165, 1.54) is 0 Å². The summed E-state index contributed by atoms with van der Waals surface area (Å²) in [5.41, 5.74) is 1.06. The number of carbonyl (C=O) groups is 1. The molecule has 5 heteroatoms. The molecule has 4 nitrogen and oxygen atoms in total. The van der Waals surface area contributed by atoms with E-state index < -0.39 is 0 Å². The van der Waals surface area contributed by atoms with E-state index >= 15 is 0 Å². The van der Waals surface area contributed by atoms with E-state index in [1.807, 2.05) is 16.8 Å². The van der Waals surface area contributed by atoms with Crippen LogP contribution in [0.25, 0.3) is 0 Å². The molecule has 1 aromatic heterocycles. The van der Waals surface area contributed by atoms with Crippen LogP contribution >= 0.6 is 0 Å². The number of aromatic nitrogens is 2. The van der Waals surface area contributed by atoms with Gasteiger partial charge in [-0.25, -0.2) is 9.36 Å². The zero-order valence-corrected chi connectivity index (χ0v) is 9.33. The predicted octanol–water partition coefficient (Wildman–Crippen LogP) is -2.92. The lowest BCUT2D eigenvalue weighted by Crippen LogP contribution is -3.00. The largest absolute Gasteiger partial charge is 1.00 e. The summed E-state index contributed by atoms with van der Waals surface area (Å²) in [6, 6.07) is -0.0379. The number of halogens is 1. The van der Waals surface area contributed by atoms with Crippen molar-refractivity contribution < 1.29 is 26.3 Å². The highest BCUT2D eigenvalue weighted by Crippen LogP contribution is 2.02. The molecule has 0 fully saturated rings. The number of allylic oxidation sites excluding steroid dienone is 1. The van der Waals surface area contributed by atoms with Crippen LogP contribution in [0.15, 0.2) is 25.2 Å². The van der Waals surface area contributed by atoms with Gasteiger partial charge >= 0.3 is 6.03 Å². The topological polar surface area (TPSA) is 37.9 Å². The molecule has 1 aliphatic heterocycles. The summed E-state index contributed by atoms with van der Waals surface area (Å²) in [6.07, 6.45) is 6.49. The van der Waals surface area contributed by atoms with Gasteiger partial charge in [0.05, 0.1) is 0 Å². The summed E-state index contributed by atoms with van der Waals surface area (Å²) in [6.45, 7) is 5.13. The number of imidazole rings is 1. The van der Waals surface area contributed by atoms with Gasteiger partial charge in [0, 0.05) is 13.0 Å². The molecule has 2 rings (SSSR count). The summed E-state index contributed by atoms with van der Waals surface area (Å²) in [5, 5.41) is 2.78. The van der Waals surface area contributed by atoms with Gasteiger partial charge in [0.25, 0.3) is 6.33 Å². The van der Waals surface area contributed by atoms with Gasteiger partial charge < -0.3 is 22.3 Å². The molecule has 76 valence electrons. The third-order valence-electron chi connectivity index (χ3n) is 2.10. The summed E-state index contributed by atoms with van der Waals surface area (Å²) in [7, 11) is 0. The number of nitrogens with one attached hydrogen (secondary N) is 1. The van der Waals surface area contributed by atoms with E-state index in [4.69, 9.17) is 0 Å². The SMILES string of the molecule is C=CC[n+]1cc2n(c1)C(=O)NCC2.[Br-]. The summed E-state index contributed by atoms with van der Waals surface area (Å²) in [4.78, 5) is 11.3. The van der Waals surface area contributed by atoms with E-state index in [-0.39, 0.29) is 23.0 Å². The Morgan fingerprint density at radius 1 is 1.71 bits per heavy atom. The number of hydrogen-bond acceptors (Lipinski definition) is 1. The number of carbonyl (C=O) groups excluding carboxylic acids is 1. The van der Waals surface area contributed by atoms with Crippen LogP contribution in [-0.4, -0.2) is 17.1 Å². The minimum atomic E-state index is -0.0379. The Hall–Kier alpha value is -1.10. The van der Waals surface area contributed by atoms with Crippen molar-refractivity contribution in [3.63, 3.8) is 0 Å². The van der Waals surface area contributed by atoms with Gasteiger partial charge in [-0.15, -0.1) is 4.57 Å². The van der Waals surface area contributed by atoms with E-state index in [0.717, 1.165) is 25.2 Å². The van der Waals surface area contributed by atoms with E-state index in [9.17, 15) is 4.79 Å². The fraction of sp³-hybridized carbons (Fsp3) is 0.333. The maximum absolute atomic E-state index is 11.3. The summed E-state index contributed by atoms with van der Waals surface area (Å²) >= 11 is 0. The van der Waals surface area contributed by atoms with E-state index in [1.54, 1.807) is 10.9 Å². The lowest BCUT2D eigenvalue weighted by atomic mass is 10.3. The van der Waals surface area contributed by atoms with Crippen LogP contribution in [0.2, 0.25) is 0 Å². The highest BCUT2D eigenvalue weighted by molar-refractivity contribution is 5.77. The lowest BCUT2D eigenvalue weighted by Gasteiger charge is -2.07. The zero-order valence-electron chi connectivity index (χ0n) is 7.74. The highest BCUT2D eigenvalue weighted by Gasteiger charge is 2.23. The molecule has 0 bridgehead atoms. The Bertz CT molecular complexity index is 359. The first-order chi connectivity index (χ1) is 6.31. The zero-order chi connectivity index (χ0) is 9.26. The number of amides is 1. The second-order valence-electron chi connectivity index (χ2n) is 3.07. The molecule has 1 aliphatic rings. The smallest absolute Gasteiger partial charge is 0.413 e. The average molecular weight is 258 g/mol. The van der Waals surface area contributed by atoms with Crippen LogP contribution in [0.1, 0.15) is 5.69 Å². The Morgan fingerprint density at radius 3 is 3.14 bits per heavy atom. The van der Waals surface area contributed by atoms with Gasteiger partial charge in [-0.2, -0.15) is 0 Å². The average Bonchev–Trinajstić information content (AvgIpc) is 2.49. The fourth-order valence-electron chi connectivity index (χ4n) is 1.51.